The van der Waals surface area contributed by atoms with Gasteiger partial charge < -0.3 is 19.9 Å². The predicted octanol–water partition coefficient (Wildman–Crippen LogP) is 9.92. The SMILES string of the molecule is CCC/C=C1\OC(=O)C2=C1CC[C@@]13CC[C@@H](NC)c4cccc(c4)-c4ccc(O)cc4C4=C5C(=O)O/C(=C\[C@H](CC)Cc6ccccc6)[C@]5(CC[C@@H]41)[C@@H]23. The number of rotatable bonds is 7. The van der Waals surface area contributed by atoms with Gasteiger partial charge in [-0.25, -0.2) is 9.59 Å². The van der Waals surface area contributed by atoms with Crippen LogP contribution in [-0.4, -0.2) is 24.1 Å². The minimum absolute atomic E-state index is 0.0114. The maximum absolute atomic E-state index is 14.8. The number of allylic oxidation sites excluding steroid dienone is 5. The molecule has 2 fully saturated rings. The standard InChI is InChI=1S/C47H49NO5/c1-4-6-15-38-34-18-21-46-22-20-37(48-3)31-14-10-13-30(26-31)33-17-16-32(49)27-35(33)40-36(46)19-23-47(43(46)41(34)44(50)52-38)39(53-45(51)42(40)47)25-28(5-2)24-29-11-8-7-9-12-29/h7-17,25-28,36-37,43,48-49H,4-6,18-24H2,1-3H3/b38-15-,39-25-/t28-,36+,37-,43+,46-,47+/m1/s1. The number of ether oxygens (including phenoxy) is 2. The van der Waals surface area contributed by atoms with Crippen LogP contribution in [0.15, 0.2) is 113 Å². The number of carbonyl (C=O) groups excluding carboxylic acids is 2. The maximum Gasteiger partial charge on any atom is 0.340 e. The van der Waals surface area contributed by atoms with Gasteiger partial charge in [-0.3, -0.25) is 0 Å². The highest BCUT2D eigenvalue weighted by atomic mass is 16.5. The van der Waals surface area contributed by atoms with Crippen LogP contribution >= 0.6 is 0 Å². The van der Waals surface area contributed by atoms with E-state index in [1.807, 2.05) is 25.2 Å². The third-order valence-electron chi connectivity index (χ3n) is 13.7. The smallest absolute Gasteiger partial charge is 0.340 e. The van der Waals surface area contributed by atoms with Crippen LogP contribution in [0.1, 0.15) is 94.4 Å². The first-order chi connectivity index (χ1) is 25.8. The van der Waals surface area contributed by atoms with E-state index in [1.165, 1.54) is 11.1 Å². The van der Waals surface area contributed by atoms with Crippen LogP contribution in [0.25, 0.3) is 16.7 Å². The molecule has 3 aromatic rings. The van der Waals surface area contributed by atoms with E-state index in [2.05, 4.69) is 79.8 Å². The van der Waals surface area contributed by atoms with E-state index in [9.17, 15) is 14.7 Å². The van der Waals surface area contributed by atoms with Crippen molar-refractivity contribution in [1.82, 2.24) is 5.32 Å². The van der Waals surface area contributed by atoms with Crippen molar-refractivity contribution in [2.75, 3.05) is 7.05 Å². The van der Waals surface area contributed by atoms with E-state index in [0.29, 0.717) is 17.1 Å². The van der Waals surface area contributed by atoms with Crippen molar-refractivity contribution >= 4 is 17.5 Å². The van der Waals surface area contributed by atoms with Crippen LogP contribution in [0.2, 0.25) is 0 Å². The Balaban J connectivity index is 1.36. The molecule has 5 aliphatic carbocycles. The average molecular weight is 708 g/mol. The van der Waals surface area contributed by atoms with Gasteiger partial charge >= 0.3 is 11.9 Å². The van der Waals surface area contributed by atoms with Crippen molar-refractivity contribution in [1.29, 1.82) is 0 Å². The molecule has 6 bridgehead atoms. The summed E-state index contributed by atoms with van der Waals surface area (Å²) in [7, 11) is 2.04. The van der Waals surface area contributed by atoms with Crippen molar-refractivity contribution in [3.05, 3.63) is 130 Å². The molecule has 2 spiro atoms. The monoisotopic (exact) mass is 707 g/mol. The Morgan fingerprint density at radius 1 is 0.906 bits per heavy atom. The van der Waals surface area contributed by atoms with E-state index < -0.39 is 5.41 Å². The number of phenolic OH excluding ortho intramolecular Hbond substituents is 1. The Morgan fingerprint density at radius 2 is 1.75 bits per heavy atom. The third kappa shape index (κ3) is 5.08. The number of carbonyl (C=O) groups is 2. The zero-order valence-corrected chi connectivity index (χ0v) is 31.0. The van der Waals surface area contributed by atoms with Gasteiger partial charge in [0, 0.05) is 23.1 Å². The van der Waals surface area contributed by atoms with Gasteiger partial charge in [0.05, 0.1) is 11.0 Å². The fourth-order valence-electron chi connectivity index (χ4n) is 11.4. The Labute approximate surface area is 312 Å². The molecular weight excluding hydrogens is 659 g/mol. The lowest BCUT2D eigenvalue weighted by atomic mass is 9.37. The van der Waals surface area contributed by atoms with Crippen LogP contribution in [0.3, 0.4) is 0 Å². The molecule has 2 aliphatic heterocycles. The topological polar surface area (TPSA) is 84.9 Å². The van der Waals surface area contributed by atoms with Crippen molar-refractivity contribution in [2.24, 2.45) is 28.6 Å². The van der Waals surface area contributed by atoms with Crippen LogP contribution in [0.4, 0.5) is 0 Å². The number of hydrogen-bond acceptors (Lipinski definition) is 6. The van der Waals surface area contributed by atoms with Gasteiger partial charge in [0.1, 0.15) is 17.3 Å². The van der Waals surface area contributed by atoms with E-state index in [-0.39, 0.29) is 46.9 Å². The molecular formula is C47H49NO5. The zero-order chi connectivity index (χ0) is 36.5. The third-order valence-corrected chi connectivity index (χ3v) is 13.7. The second-order valence-electron chi connectivity index (χ2n) is 16.2. The summed E-state index contributed by atoms with van der Waals surface area (Å²) in [4.78, 5) is 29.3. The molecule has 1 saturated carbocycles. The number of unbranched alkanes of at least 4 members (excludes halogenated alkanes) is 1. The first kappa shape index (κ1) is 34.1. The molecule has 1 saturated heterocycles. The lowest BCUT2D eigenvalue weighted by Crippen LogP contribution is -2.59. The number of esters is 2. The summed E-state index contributed by atoms with van der Waals surface area (Å²) >= 11 is 0. The van der Waals surface area contributed by atoms with Gasteiger partial charge in [0.25, 0.3) is 0 Å². The Kier molecular flexibility index (Phi) is 8.38. The highest BCUT2D eigenvalue weighted by molar-refractivity contribution is 6.08. The first-order valence-electron chi connectivity index (χ1n) is 19.8. The summed E-state index contributed by atoms with van der Waals surface area (Å²) in [6.45, 7) is 4.34. The molecule has 0 aromatic heterocycles. The van der Waals surface area contributed by atoms with E-state index in [0.717, 1.165) is 97.6 Å². The van der Waals surface area contributed by atoms with Crippen LogP contribution in [0, 0.1) is 28.6 Å². The van der Waals surface area contributed by atoms with Gasteiger partial charge in [0.2, 0.25) is 0 Å². The first-order valence-corrected chi connectivity index (χ1v) is 19.8. The number of hydrogen-bond donors (Lipinski definition) is 2. The lowest BCUT2D eigenvalue weighted by Gasteiger charge is -2.63. The van der Waals surface area contributed by atoms with Crippen molar-refractivity contribution in [2.45, 2.75) is 84.1 Å². The predicted molar refractivity (Wildman–Crippen MR) is 206 cm³/mol. The number of nitrogens with one attached hydrogen (secondary N) is 1. The molecule has 0 radical (unpaired) electrons. The quantitative estimate of drug-likeness (QED) is 0.238. The highest BCUT2D eigenvalue weighted by Gasteiger charge is 2.73. The Hall–Kier alpha value is -4.68. The van der Waals surface area contributed by atoms with Gasteiger partial charge in [0.15, 0.2) is 0 Å². The van der Waals surface area contributed by atoms with E-state index in [1.54, 1.807) is 6.07 Å². The van der Waals surface area contributed by atoms with Crippen LogP contribution in [-0.2, 0) is 25.5 Å². The van der Waals surface area contributed by atoms with Crippen molar-refractivity contribution in [3.63, 3.8) is 0 Å². The molecule has 7 aliphatic rings. The highest BCUT2D eigenvalue weighted by Crippen LogP contribution is 2.77. The van der Waals surface area contributed by atoms with Gasteiger partial charge in [-0.05, 0) is 146 Å². The molecule has 6 atom stereocenters. The maximum atomic E-state index is 14.8. The molecule has 0 amide bonds. The van der Waals surface area contributed by atoms with E-state index >= 15 is 0 Å². The molecule has 6 heteroatoms. The largest absolute Gasteiger partial charge is 0.508 e. The number of cyclic esters (lactones) is 2. The van der Waals surface area contributed by atoms with Crippen LogP contribution in [0.5, 0.6) is 5.75 Å². The molecule has 0 unspecified atom stereocenters. The van der Waals surface area contributed by atoms with Crippen LogP contribution < -0.4 is 5.32 Å². The minimum atomic E-state index is -0.837. The second-order valence-corrected chi connectivity index (χ2v) is 16.2. The fraction of sp³-hybridized carbons (Fsp3) is 0.404. The van der Waals surface area contributed by atoms with Crippen molar-refractivity contribution < 1.29 is 24.2 Å². The second kappa shape index (κ2) is 13.0. The summed E-state index contributed by atoms with van der Waals surface area (Å²) in [6, 6.07) is 25.0. The zero-order valence-electron chi connectivity index (χ0n) is 31.0. The number of phenols is 1. The number of benzene rings is 3. The fourth-order valence-corrected chi connectivity index (χ4v) is 11.4. The normalized spacial score (nSPS) is 30.4. The number of fused-ring (bicyclic) bond motifs is 5. The Morgan fingerprint density at radius 3 is 2.55 bits per heavy atom. The molecule has 53 heavy (non-hydrogen) atoms. The molecule has 6 nitrogen and oxygen atoms in total. The molecule has 2 heterocycles. The summed E-state index contributed by atoms with van der Waals surface area (Å²) < 4.78 is 12.8. The summed E-state index contributed by atoms with van der Waals surface area (Å²) in [5, 5.41) is 14.8. The molecule has 3 aromatic carbocycles. The summed E-state index contributed by atoms with van der Waals surface area (Å²) in [6.07, 6.45) is 12.8. The lowest BCUT2D eigenvalue weighted by molar-refractivity contribution is -0.136. The average Bonchev–Trinajstić information content (AvgIpc) is 3.65. The molecule has 2 N–H and O–H groups in total. The van der Waals surface area contributed by atoms with E-state index in [4.69, 9.17) is 9.47 Å². The summed E-state index contributed by atoms with van der Waals surface area (Å²) in [5.41, 5.74) is 7.72. The minimum Gasteiger partial charge on any atom is -0.508 e. The van der Waals surface area contributed by atoms with Gasteiger partial charge in [-0.1, -0.05) is 74.9 Å². The van der Waals surface area contributed by atoms with Crippen molar-refractivity contribution in [3.8, 4) is 16.9 Å². The molecule has 272 valence electrons. The Bertz CT molecular complexity index is 2140. The molecule has 10 rings (SSSR count). The number of aromatic hydroxyl groups is 1. The van der Waals surface area contributed by atoms with Gasteiger partial charge in [-0.15, -0.1) is 0 Å². The summed E-state index contributed by atoms with van der Waals surface area (Å²) in [5.74, 6) is 0.875. The van der Waals surface area contributed by atoms with Gasteiger partial charge in [-0.2, -0.15) is 0 Å².